The molecule has 3 aromatic carbocycles. The summed E-state index contributed by atoms with van der Waals surface area (Å²) in [7, 11) is 0. The molecule has 1 heterocycles. The molecule has 0 saturated heterocycles. The second-order valence-electron chi connectivity index (χ2n) is 6.73. The molecule has 4 aromatic rings. The van der Waals surface area contributed by atoms with Gasteiger partial charge in [-0.05, 0) is 35.9 Å². The highest BCUT2D eigenvalue weighted by atomic mass is 32.2. The molecule has 0 aliphatic heterocycles. The third kappa shape index (κ3) is 5.17. The average molecular weight is 455 g/mol. The number of alkyl halides is 3. The number of carbonyl (C=O) groups is 1. The van der Waals surface area contributed by atoms with E-state index in [0.29, 0.717) is 11.3 Å². The molecule has 162 valence electrons. The van der Waals surface area contributed by atoms with E-state index in [1.165, 1.54) is 23.9 Å². The first kappa shape index (κ1) is 21.6. The van der Waals surface area contributed by atoms with E-state index < -0.39 is 17.6 Å². The van der Waals surface area contributed by atoms with Gasteiger partial charge >= 0.3 is 6.18 Å². The number of hydrogen-bond donors (Lipinski definition) is 1. The van der Waals surface area contributed by atoms with Gasteiger partial charge in [0.05, 0.1) is 11.1 Å². The molecule has 32 heavy (non-hydrogen) atoms. The summed E-state index contributed by atoms with van der Waals surface area (Å²) < 4.78 is 46.7. The Morgan fingerprint density at radius 1 is 0.938 bits per heavy atom. The molecule has 0 fully saturated rings. The number of benzene rings is 3. The van der Waals surface area contributed by atoms with E-state index in [1.807, 2.05) is 30.3 Å². The summed E-state index contributed by atoms with van der Waals surface area (Å²) in [5.41, 5.74) is 0.128. The molecule has 0 aliphatic rings. The molecule has 0 aliphatic carbocycles. The van der Waals surface area contributed by atoms with Crippen molar-refractivity contribution in [3.63, 3.8) is 0 Å². The summed E-state index contributed by atoms with van der Waals surface area (Å²) in [4.78, 5) is 12.3. The molecule has 5 nitrogen and oxygen atoms in total. The van der Waals surface area contributed by atoms with Crippen molar-refractivity contribution in [3.8, 4) is 11.5 Å². The Bertz CT molecular complexity index is 1210. The Morgan fingerprint density at radius 3 is 2.31 bits per heavy atom. The van der Waals surface area contributed by atoms with Crippen LogP contribution < -0.4 is 5.32 Å². The molecule has 9 heteroatoms. The van der Waals surface area contributed by atoms with Gasteiger partial charge in [0.25, 0.3) is 11.1 Å². The highest BCUT2D eigenvalue weighted by molar-refractivity contribution is 7.98. The van der Waals surface area contributed by atoms with Gasteiger partial charge in [-0.2, -0.15) is 13.2 Å². The minimum atomic E-state index is -4.69. The molecular weight excluding hydrogens is 439 g/mol. The van der Waals surface area contributed by atoms with Gasteiger partial charge in [-0.15, -0.1) is 10.2 Å². The number of rotatable bonds is 6. The number of amides is 1. The highest BCUT2D eigenvalue weighted by Gasteiger charge is 2.35. The maximum absolute atomic E-state index is 13.7. The van der Waals surface area contributed by atoms with Crippen molar-refractivity contribution in [3.05, 3.63) is 95.6 Å². The molecule has 0 atom stereocenters. The Hall–Kier alpha value is -3.59. The SMILES string of the molecule is O=C(Nc1ccc(-c2nnc(SCc3ccccc3)o2)c(C(F)(F)F)c1)c1ccccc1. The summed E-state index contributed by atoms with van der Waals surface area (Å²) in [5, 5.41) is 10.3. The molecular formula is C23H16F3N3O2S. The fraction of sp³-hybridized carbons (Fsp3) is 0.0870. The predicted molar refractivity (Wildman–Crippen MR) is 115 cm³/mol. The molecule has 0 bridgehead atoms. The molecule has 0 unspecified atom stereocenters. The minimum Gasteiger partial charge on any atom is -0.411 e. The van der Waals surface area contributed by atoms with Crippen LogP contribution in [0.1, 0.15) is 21.5 Å². The number of nitrogens with zero attached hydrogens (tertiary/aromatic N) is 2. The summed E-state index contributed by atoms with van der Waals surface area (Å²) in [6, 6.07) is 21.2. The first-order valence-electron chi connectivity index (χ1n) is 9.48. The van der Waals surface area contributed by atoms with Crippen LogP contribution in [0.25, 0.3) is 11.5 Å². The zero-order valence-corrected chi connectivity index (χ0v) is 17.3. The number of halogens is 3. The van der Waals surface area contributed by atoms with Crippen LogP contribution in [-0.4, -0.2) is 16.1 Å². The van der Waals surface area contributed by atoms with Crippen molar-refractivity contribution in [2.75, 3.05) is 5.32 Å². The summed E-state index contributed by atoms with van der Waals surface area (Å²) >= 11 is 1.23. The topological polar surface area (TPSA) is 68.0 Å². The lowest BCUT2D eigenvalue weighted by molar-refractivity contribution is -0.137. The van der Waals surface area contributed by atoms with E-state index in [-0.39, 0.29) is 22.4 Å². The molecule has 1 amide bonds. The maximum atomic E-state index is 13.7. The number of aromatic nitrogens is 2. The predicted octanol–water partition coefficient (Wildman–Crippen LogP) is 6.30. The quantitative estimate of drug-likeness (QED) is 0.346. The van der Waals surface area contributed by atoms with E-state index in [0.717, 1.165) is 11.6 Å². The lowest BCUT2D eigenvalue weighted by Crippen LogP contribution is -2.13. The van der Waals surface area contributed by atoms with Gasteiger partial charge in [-0.1, -0.05) is 60.3 Å². The van der Waals surface area contributed by atoms with E-state index in [9.17, 15) is 18.0 Å². The smallest absolute Gasteiger partial charge is 0.411 e. The van der Waals surface area contributed by atoms with E-state index in [4.69, 9.17) is 4.42 Å². The fourth-order valence-electron chi connectivity index (χ4n) is 2.93. The lowest BCUT2D eigenvalue weighted by atomic mass is 10.1. The fourth-order valence-corrected chi connectivity index (χ4v) is 3.65. The lowest BCUT2D eigenvalue weighted by Gasteiger charge is -2.13. The zero-order valence-electron chi connectivity index (χ0n) is 16.5. The first-order chi connectivity index (χ1) is 15.4. The van der Waals surface area contributed by atoms with E-state index >= 15 is 0 Å². The Balaban J connectivity index is 1.56. The van der Waals surface area contributed by atoms with Crippen LogP contribution in [-0.2, 0) is 11.9 Å². The standard InChI is InChI=1S/C23H16F3N3O2S/c24-23(25,26)19-13-17(27-20(30)16-9-5-2-6-10-16)11-12-18(19)21-28-29-22(31-21)32-14-15-7-3-1-4-8-15/h1-13H,14H2,(H,27,30). The largest absolute Gasteiger partial charge is 0.417 e. The second-order valence-corrected chi connectivity index (χ2v) is 7.65. The average Bonchev–Trinajstić information content (AvgIpc) is 3.27. The van der Waals surface area contributed by atoms with Crippen molar-refractivity contribution < 1.29 is 22.4 Å². The van der Waals surface area contributed by atoms with Crippen molar-refractivity contribution in [2.45, 2.75) is 17.2 Å². The molecule has 0 radical (unpaired) electrons. The Morgan fingerprint density at radius 2 is 1.62 bits per heavy atom. The van der Waals surface area contributed by atoms with Crippen molar-refractivity contribution in [2.24, 2.45) is 0 Å². The van der Waals surface area contributed by atoms with E-state index in [1.54, 1.807) is 30.3 Å². The minimum absolute atomic E-state index is 0.00752. The van der Waals surface area contributed by atoms with Gasteiger partial charge in [-0.3, -0.25) is 4.79 Å². The van der Waals surface area contributed by atoms with Gasteiger partial charge in [-0.25, -0.2) is 0 Å². The normalized spacial score (nSPS) is 11.3. The Kier molecular flexibility index (Phi) is 6.27. The summed E-state index contributed by atoms with van der Waals surface area (Å²) in [5.74, 6) is -0.211. The van der Waals surface area contributed by atoms with Gasteiger partial charge in [0.2, 0.25) is 5.89 Å². The number of nitrogens with one attached hydrogen (secondary N) is 1. The molecule has 0 spiro atoms. The van der Waals surface area contributed by atoms with Gasteiger partial charge in [0.15, 0.2) is 0 Å². The third-order valence-electron chi connectivity index (χ3n) is 4.46. The molecule has 1 N–H and O–H groups in total. The van der Waals surface area contributed by atoms with Crippen molar-refractivity contribution in [1.29, 1.82) is 0 Å². The monoisotopic (exact) mass is 455 g/mol. The van der Waals surface area contributed by atoms with Gasteiger partial charge in [0.1, 0.15) is 0 Å². The van der Waals surface area contributed by atoms with Crippen LogP contribution >= 0.6 is 11.8 Å². The number of carbonyl (C=O) groups excluding carboxylic acids is 1. The van der Waals surface area contributed by atoms with Gasteiger partial charge < -0.3 is 9.73 Å². The molecule has 1 aromatic heterocycles. The van der Waals surface area contributed by atoms with Crippen molar-refractivity contribution >= 4 is 23.4 Å². The summed E-state index contributed by atoms with van der Waals surface area (Å²) in [6.07, 6.45) is -4.69. The first-order valence-corrected chi connectivity index (χ1v) is 10.5. The maximum Gasteiger partial charge on any atom is 0.417 e. The molecule has 0 saturated carbocycles. The van der Waals surface area contributed by atoms with Crippen LogP contribution in [0.3, 0.4) is 0 Å². The number of hydrogen-bond acceptors (Lipinski definition) is 5. The van der Waals surface area contributed by atoms with Crippen LogP contribution in [0.15, 0.2) is 88.5 Å². The van der Waals surface area contributed by atoms with E-state index in [2.05, 4.69) is 15.5 Å². The van der Waals surface area contributed by atoms with Gasteiger partial charge in [0, 0.05) is 17.0 Å². The molecule has 4 rings (SSSR count). The van der Waals surface area contributed by atoms with Crippen molar-refractivity contribution in [1.82, 2.24) is 10.2 Å². The van der Waals surface area contributed by atoms with Crippen LogP contribution in [0.2, 0.25) is 0 Å². The van der Waals surface area contributed by atoms with Crippen LogP contribution in [0, 0.1) is 0 Å². The van der Waals surface area contributed by atoms with Crippen LogP contribution in [0.5, 0.6) is 0 Å². The highest BCUT2D eigenvalue weighted by Crippen LogP contribution is 2.39. The second kappa shape index (κ2) is 9.27. The third-order valence-corrected chi connectivity index (χ3v) is 5.35. The number of anilines is 1. The number of thioether (sulfide) groups is 1. The Labute approximate surface area is 185 Å². The zero-order chi connectivity index (χ0) is 22.6. The van der Waals surface area contributed by atoms with Crippen LogP contribution in [0.4, 0.5) is 18.9 Å². The summed E-state index contributed by atoms with van der Waals surface area (Å²) in [6.45, 7) is 0.